The van der Waals surface area contributed by atoms with E-state index in [4.69, 9.17) is 26.2 Å². The first kappa shape index (κ1) is 16.2. The Bertz CT molecular complexity index is 709. The van der Waals surface area contributed by atoms with E-state index < -0.39 is 11.7 Å². The molecule has 0 amide bonds. The SMILES string of the molecule is COc1ccc(-c2ccc(O/C(NN)=C(/N)C(=O)O)cc2)cc1. The van der Waals surface area contributed by atoms with Crippen LogP contribution in [0.1, 0.15) is 0 Å². The van der Waals surface area contributed by atoms with Crippen molar-refractivity contribution in [2.75, 3.05) is 7.11 Å². The predicted octanol–water partition coefficient (Wildman–Crippen LogP) is 1.42. The summed E-state index contributed by atoms with van der Waals surface area (Å²) in [6.45, 7) is 0. The smallest absolute Gasteiger partial charge is 0.357 e. The molecular weight excluding hydrogens is 298 g/mol. The molecule has 7 heteroatoms. The predicted molar refractivity (Wildman–Crippen MR) is 85.2 cm³/mol. The number of nitrogens with two attached hydrogens (primary N) is 2. The fraction of sp³-hybridized carbons (Fsp3) is 0.0625. The van der Waals surface area contributed by atoms with Gasteiger partial charge in [0.15, 0.2) is 5.70 Å². The van der Waals surface area contributed by atoms with E-state index in [9.17, 15) is 4.79 Å². The molecule has 2 aromatic carbocycles. The number of ether oxygens (including phenoxy) is 2. The van der Waals surface area contributed by atoms with Gasteiger partial charge in [-0.1, -0.05) is 24.3 Å². The molecule has 2 aromatic rings. The molecule has 0 aromatic heterocycles. The molecule has 0 bridgehead atoms. The highest BCUT2D eigenvalue weighted by atomic mass is 16.5. The number of carboxylic acids is 1. The zero-order valence-electron chi connectivity index (χ0n) is 12.4. The Labute approximate surface area is 133 Å². The number of rotatable bonds is 6. The fourth-order valence-electron chi connectivity index (χ4n) is 1.88. The molecule has 2 rings (SSSR count). The minimum atomic E-state index is -1.33. The zero-order valence-corrected chi connectivity index (χ0v) is 12.4. The van der Waals surface area contributed by atoms with Crippen LogP contribution in [-0.4, -0.2) is 18.2 Å². The first-order chi connectivity index (χ1) is 11.0. The Balaban J connectivity index is 2.18. The largest absolute Gasteiger partial charge is 0.497 e. The minimum Gasteiger partial charge on any atom is -0.497 e. The van der Waals surface area contributed by atoms with Crippen LogP contribution in [0.15, 0.2) is 60.1 Å². The summed E-state index contributed by atoms with van der Waals surface area (Å²) in [6.07, 6.45) is 0. The molecule has 0 saturated heterocycles. The number of hydrazine groups is 1. The first-order valence-corrected chi connectivity index (χ1v) is 6.67. The molecule has 0 radical (unpaired) electrons. The number of carboxylic acid groups (broad SMARTS) is 1. The normalized spacial score (nSPS) is 11.4. The van der Waals surface area contributed by atoms with E-state index in [0.29, 0.717) is 5.75 Å². The molecule has 120 valence electrons. The number of nitrogens with one attached hydrogen (secondary N) is 1. The van der Waals surface area contributed by atoms with Crippen molar-refractivity contribution in [3.8, 4) is 22.6 Å². The second kappa shape index (κ2) is 7.19. The summed E-state index contributed by atoms with van der Waals surface area (Å²) >= 11 is 0. The maximum absolute atomic E-state index is 10.8. The monoisotopic (exact) mass is 315 g/mol. The molecule has 6 N–H and O–H groups in total. The van der Waals surface area contributed by atoms with Gasteiger partial charge in [-0.2, -0.15) is 0 Å². The number of benzene rings is 2. The third-order valence-electron chi connectivity index (χ3n) is 3.10. The summed E-state index contributed by atoms with van der Waals surface area (Å²) < 4.78 is 10.5. The molecule has 0 fully saturated rings. The van der Waals surface area contributed by atoms with E-state index >= 15 is 0 Å². The van der Waals surface area contributed by atoms with Crippen LogP contribution in [0.5, 0.6) is 11.5 Å². The summed E-state index contributed by atoms with van der Waals surface area (Å²) in [6, 6.07) is 14.6. The zero-order chi connectivity index (χ0) is 16.8. The van der Waals surface area contributed by atoms with Crippen molar-refractivity contribution < 1.29 is 19.4 Å². The summed E-state index contributed by atoms with van der Waals surface area (Å²) in [5, 5.41) is 8.83. The lowest BCUT2D eigenvalue weighted by molar-refractivity contribution is -0.132. The van der Waals surface area contributed by atoms with Crippen LogP contribution < -0.4 is 26.5 Å². The van der Waals surface area contributed by atoms with Gasteiger partial charge >= 0.3 is 5.97 Å². The van der Waals surface area contributed by atoms with Crippen molar-refractivity contribution in [3.05, 3.63) is 60.1 Å². The molecule has 0 aliphatic heterocycles. The van der Waals surface area contributed by atoms with Crippen LogP contribution in [0.25, 0.3) is 11.1 Å². The van der Waals surface area contributed by atoms with E-state index in [2.05, 4.69) is 5.43 Å². The van der Waals surface area contributed by atoms with E-state index in [1.807, 2.05) is 36.4 Å². The fourth-order valence-corrected chi connectivity index (χ4v) is 1.88. The molecule has 0 spiro atoms. The van der Waals surface area contributed by atoms with Crippen molar-refractivity contribution in [1.82, 2.24) is 5.43 Å². The highest BCUT2D eigenvalue weighted by molar-refractivity contribution is 5.85. The molecule has 7 nitrogen and oxygen atoms in total. The number of carbonyl (C=O) groups is 1. The quantitative estimate of drug-likeness (QED) is 0.275. The van der Waals surface area contributed by atoms with Gasteiger partial charge in [0.25, 0.3) is 0 Å². The van der Waals surface area contributed by atoms with Gasteiger partial charge in [-0.15, -0.1) is 0 Å². The lowest BCUT2D eigenvalue weighted by atomic mass is 10.1. The number of aliphatic carboxylic acids is 1. The summed E-state index contributed by atoms with van der Waals surface area (Å²) in [7, 11) is 1.61. The van der Waals surface area contributed by atoms with Crippen LogP contribution in [0, 0.1) is 0 Å². The molecule has 0 atom stereocenters. The maximum atomic E-state index is 10.8. The van der Waals surface area contributed by atoms with Gasteiger partial charge in [0, 0.05) is 0 Å². The Kier molecular flexibility index (Phi) is 5.06. The Morgan fingerprint density at radius 3 is 1.87 bits per heavy atom. The Hall–Kier alpha value is -3.19. The van der Waals surface area contributed by atoms with Gasteiger partial charge < -0.3 is 20.3 Å². The molecule has 0 unspecified atom stereocenters. The number of hydrogen-bond acceptors (Lipinski definition) is 6. The van der Waals surface area contributed by atoms with E-state index in [0.717, 1.165) is 16.9 Å². The van der Waals surface area contributed by atoms with Crippen LogP contribution in [0.2, 0.25) is 0 Å². The summed E-state index contributed by atoms with van der Waals surface area (Å²) in [5.41, 5.74) is 8.97. The van der Waals surface area contributed by atoms with Crippen molar-refractivity contribution in [1.29, 1.82) is 0 Å². The van der Waals surface area contributed by atoms with Crippen LogP contribution in [-0.2, 0) is 4.79 Å². The molecular formula is C16H17N3O4. The third-order valence-corrected chi connectivity index (χ3v) is 3.10. The van der Waals surface area contributed by atoms with Gasteiger partial charge in [-0.3, -0.25) is 5.43 Å². The summed E-state index contributed by atoms with van der Waals surface area (Å²) in [5.74, 6) is 4.85. The number of hydrogen-bond donors (Lipinski definition) is 4. The molecule has 0 saturated carbocycles. The van der Waals surface area contributed by atoms with Crippen molar-refractivity contribution in [3.63, 3.8) is 0 Å². The van der Waals surface area contributed by atoms with Crippen molar-refractivity contribution in [2.24, 2.45) is 11.6 Å². The lowest BCUT2D eigenvalue weighted by Crippen LogP contribution is -2.31. The molecule has 0 aliphatic carbocycles. The molecule has 0 heterocycles. The first-order valence-electron chi connectivity index (χ1n) is 6.67. The van der Waals surface area contributed by atoms with E-state index in [-0.39, 0.29) is 5.88 Å². The van der Waals surface area contributed by atoms with E-state index in [1.165, 1.54) is 0 Å². The van der Waals surface area contributed by atoms with Crippen LogP contribution in [0.4, 0.5) is 0 Å². The topological polar surface area (TPSA) is 120 Å². The van der Waals surface area contributed by atoms with Crippen molar-refractivity contribution >= 4 is 5.97 Å². The summed E-state index contributed by atoms with van der Waals surface area (Å²) in [4.78, 5) is 10.8. The van der Waals surface area contributed by atoms with Gasteiger partial charge in [0.2, 0.25) is 5.88 Å². The highest BCUT2D eigenvalue weighted by Gasteiger charge is 2.12. The Morgan fingerprint density at radius 1 is 1.00 bits per heavy atom. The van der Waals surface area contributed by atoms with Gasteiger partial charge in [-0.25, -0.2) is 10.6 Å². The highest BCUT2D eigenvalue weighted by Crippen LogP contribution is 2.25. The lowest BCUT2D eigenvalue weighted by Gasteiger charge is -2.11. The Morgan fingerprint density at radius 2 is 1.48 bits per heavy atom. The molecule has 23 heavy (non-hydrogen) atoms. The number of methoxy groups -OCH3 is 1. The van der Waals surface area contributed by atoms with Gasteiger partial charge in [-0.05, 0) is 35.4 Å². The standard InChI is InChI=1S/C16H17N3O4/c1-22-12-6-2-10(3-7-12)11-4-8-13(9-5-11)23-15(19-18)14(17)16(20)21/h2-9,19H,17-18H2,1H3,(H,20,21)/b15-14+. The van der Waals surface area contributed by atoms with Gasteiger partial charge in [0.1, 0.15) is 11.5 Å². The van der Waals surface area contributed by atoms with Crippen LogP contribution >= 0.6 is 0 Å². The molecule has 0 aliphatic rings. The minimum absolute atomic E-state index is 0.227. The van der Waals surface area contributed by atoms with Crippen molar-refractivity contribution in [2.45, 2.75) is 0 Å². The average molecular weight is 315 g/mol. The third kappa shape index (κ3) is 3.92. The second-order valence-corrected chi connectivity index (χ2v) is 4.55. The average Bonchev–Trinajstić information content (AvgIpc) is 2.59. The van der Waals surface area contributed by atoms with E-state index in [1.54, 1.807) is 19.2 Å². The van der Waals surface area contributed by atoms with Gasteiger partial charge in [0.05, 0.1) is 7.11 Å². The van der Waals surface area contributed by atoms with Crippen LogP contribution in [0.3, 0.4) is 0 Å². The second-order valence-electron chi connectivity index (χ2n) is 4.55. The maximum Gasteiger partial charge on any atom is 0.357 e.